The monoisotopic (exact) mass is 432 g/mol. The van der Waals surface area contributed by atoms with Crippen molar-refractivity contribution < 1.29 is 28.6 Å². The number of hydrogen-bond donors (Lipinski definition) is 1. The van der Waals surface area contributed by atoms with E-state index in [9.17, 15) is 14.4 Å². The van der Waals surface area contributed by atoms with Crippen molar-refractivity contribution in [3.05, 3.63) is 29.8 Å². The molecule has 0 spiro atoms. The topological polar surface area (TPSA) is 94.2 Å². The van der Waals surface area contributed by atoms with Gasteiger partial charge in [0.25, 0.3) is 5.91 Å². The van der Waals surface area contributed by atoms with Gasteiger partial charge in [0.1, 0.15) is 18.4 Å². The zero-order chi connectivity index (χ0) is 22.4. The van der Waals surface area contributed by atoms with Gasteiger partial charge in [-0.25, -0.2) is 0 Å². The highest BCUT2D eigenvalue weighted by Crippen LogP contribution is 2.21. The van der Waals surface area contributed by atoms with Crippen molar-refractivity contribution in [2.75, 3.05) is 26.3 Å². The maximum atomic E-state index is 13.0. The molecule has 1 aromatic carbocycles. The molecule has 2 heterocycles. The first-order valence-electron chi connectivity index (χ1n) is 11.0. The number of amides is 2. The van der Waals surface area contributed by atoms with E-state index in [1.165, 1.54) is 10.5 Å². The lowest BCUT2D eigenvalue weighted by atomic mass is 10.0. The molecule has 8 nitrogen and oxygen atoms in total. The van der Waals surface area contributed by atoms with Crippen LogP contribution < -0.4 is 10.1 Å². The highest BCUT2D eigenvalue weighted by atomic mass is 16.6. The van der Waals surface area contributed by atoms with Crippen LogP contribution in [0.5, 0.6) is 5.75 Å². The third-order valence-corrected chi connectivity index (χ3v) is 5.64. The van der Waals surface area contributed by atoms with Crippen LogP contribution in [0.15, 0.2) is 24.3 Å². The predicted octanol–water partition coefficient (Wildman–Crippen LogP) is 2.02. The summed E-state index contributed by atoms with van der Waals surface area (Å²) in [6.45, 7) is 7.36. The van der Waals surface area contributed by atoms with Gasteiger partial charge in [-0.05, 0) is 43.4 Å². The molecule has 3 atom stereocenters. The Balaban J connectivity index is 1.58. The molecule has 1 N–H and O–H groups in total. The Morgan fingerprint density at radius 3 is 2.61 bits per heavy atom. The van der Waals surface area contributed by atoms with Gasteiger partial charge in [-0.1, -0.05) is 26.0 Å². The van der Waals surface area contributed by atoms with Crippen molar-refractivity contribution in [2.45, 2.75) is 64.2 Å². The highest BCUT2D eigenvalue weighted by Gasteiger charge is 2.37. The van der Waals surface area contributed by atoms with E-state index in [0.717, 1.165) is 12.8 Å². The summed E-state index contributed by atoms with van der Waals surface area (Å²) in [4.78, 5) is 39.2. The lowest BCUT2D eigenvalue weighted by molar-refractivity contribution is -0.155. The molecule has 8 heteroatoms. The molecule has 0 bridgehead atoms. The number of nitrogens with zero attached hydrogens (tertiary/aromatic N) is 1. The molecule has 0 radical (unpaired) electrons. The van der Waals surface area contributed by atoms with Gasteiger partial charge >= 0.3 is 5.97 Å². The van der Waals surface area contributed by atoms with Crippen molar-refractivity contribution in [3.63, 3.8) is 0 Å². The average molecular weight is 433 g/mol. The maximum Gasteiger partial charge on any atom is 0.308 e. The van der Waals surface area contributed by atoms with Crippen molar-refractivity contribution in [2.24, 2.45) is 0 Å². The van der Waals surface area contributed by atoms with Crippen LogP contribution in [0.4, 0.5) is 0 Å². The molecule has 3 rings (SSSR count). The summed E-state index contributed by atoms with van der Waals surface area (Å²) in [5, 5.41) is 2.72. The van der Waals surface area contributed by atoms with Gasteiger partial charge in [-0.2, -0.15) is 0 Å². The molecule has 0 unspecified atom stereocenters. The molecule has 170 valence electrons. The van der Waals surface area contributed by atoms with Gasteiger partial charge < -0.3 is 24.4 Å². The third kappa shape index (κ3) is 6.19. The van der Waals surface area contributed by atoms with Crippen molar-refractivity contribution >= 4 is 17.8 Å². The number of benzene rings is 1. The molecular weight excluding hydrogens is 400 g/mol. The van der Waals surface area contributed by atoms with Gasteiger partial charge in [0, 0.05) is 19.7 Å². The molecule has 0 aliphatic carbocycles. The molecule has 2 fully saturated rings. The van der Waals surface area contributed by atoms with E-state index in [1.54, 1.807) is 6.92 Å². The van der Waals surface area contributed by atoms with E-state index >= 15 is 0 Å². The average Bonchev–Trinajstić information content (AvgIpc) is 3.27. The van der Waals surface area contributed by atoms with Gasteiger partial charge in [0.2, 0.25) is 5.91 Å². The number of hydrogen-bond acceptors (Lipinski definition) is 6. The largest absolute Gasteiger partial charge is 0.481 e. The summed E-state index contributed by atoms with van der Waals surface area (Å²) >= 11 is 0. The number of nitrogens with one attached hydrogen (secondary N) is 1. The van der Waals surface area contributed by atoms with Crippen molar-refractivity contribution in [3.8, 4) is 5.75 Å². The standard InChI is InChI=1S/C23H32N2O6/c1-15(2)17-6-8-18(9-7-17)31-16(3)23(28)25-11-10-24-22(27)20(25)13-21(26)30-14-19-5-4-12-29-19/h6-9,15-16,19-20H,4-5,10-14H2,1-3H3,(H,24,27)/t16-,19-,20+/m0/s1. The van der Waals surface area contributed by atoms with Crippen LogP contribution in [0.25, 0.3) is 0 Å². The van der Waals surface area contributed by atoms with Crippen LogP contribution in [0.2, 0.25) is 0 Å². The molecule has 0 saturated carbocycles. The zero-order valence-electron chi connectivity index (χ0n) is 18.5. The quantitative estimate of drug-likeness (QED) is 0.632. The van der Waals surface area contributed by atoms with E-state index in [-0.39, 0.29) is 30.9 Å². The van der Waals surface area contributed by atoms with E-state index in [4.69, 9.17) is 14.2 Å². The summed E-state index contributed by atoms with van der Waals surface area (Å²) in [6, 6.07) is 6.70. The summed E-state index contributed by atoms with van der Waals surface area (Å²) in [6.07, 6.45) is 0.737. The van der Waals surface area contributed by atoms with E-state index in [1.807, 2.05) is 24.3 Å². The molecule has 2 saturated heterocycles. The Hall–Kier alpha value is -2.61. The normalized spacial score (nSPS) is 22.2. The van der Waals surface area contributed by atoms with Crippen molar-refractivity contribution in [1.29, 1.82) is 0 Å². The Morgan fingerprint density at radius 2 is 1.97 bits per heavy atom. The highest BCUT2D eigenvalue weighted by molar-refractivity contribution is 5.93. The molecule has 1 aromatic rings. The predicted molar refractivity (Wildman–Crippen MR) is 114 cm³/mol. The van der Waals surface area contributed by atoms with Crippen LogP contribution in [0.1, 0.15) is 51.5 Å². The van der Waals surface area contributed by atoms with Crippen LogP contribution in [0.3, 0.4) is 0 Å². The Bertz CT molecular complexity index is 773. The first-order chi connectivity index (χ1) is 14.8. The lowest BCUT2D eigenvalue weighted by Gasteiger charge is -2.36. The molecule has 2 amide bonds. The first kappa shape index (κ1) is 23.1. The van der Waals surface area contributed by atoms with E-state index in [0.29, 0.717) is 31.4 Å². The van der Waals surface area contributed by atoms with Gasteiger partial charge in [-0.3, -0.25) is 14.4 Å². The molecule has 2 aliphatic heterocycles. The first-order valence-corrected chi connectivity index (χ1v) is 11.0. The number of carbonyl (C=O) groups is 3. The van der Waals surface area contributed by atoms with Crippen molar-refractivity contribution in [1.82, 2.24) is 10.2 Å². The fraction of sp³-hybridized carbons (Fsp3) is 0.609. The van der Waals surface area contributed by atoms with E-state index in [2.05, 4.69) is 19.2 Å². The number of ether oxygens (including phenoxy) is 3. The lowest BCUT2D eigenvalue weighted by Crippen LogP contribution is -2.60. The zero-order valence-corrected chi connectivity index (χ0v) is 18.5. The summed E-state index contributed by atoms with van der Waals surface area (Å²) in [5.74, 6) is -0.227. The second kappa shape index (κ2) is 10.6. The van der Waals surface area contributed by atoms with Crippen LogP contribution in [-0.2, 0) is 23.9 Å². The SMILES string of the molecule is CC(C)c1ccc(O[C@@H](C)C(=O)N2CCNC(=O)[C@H]2CC(=O)OC[C@@H]2CCCO2)cc1. The third-order valence-electron chi connectivity index (χ3n) is 5.64. The minimum atomic E-state index is -0.910. The second-order valence-corrected chi connectivity index (χ2v) is 8.34. The number of carbonyl (C=O) groups excluding carboxylic acids is 3. The Kier molecular flexibility index (Phi) is 7.90. The smallest absolute Gasteiger partial charge is 0.308 e. The van der Waals surface area contributed by atoms with Crippen LogP contribution in [0, 0.1) is 0 Å². The minimum Gasteiger partial charge on any atom is -0.481 e. The summed E-state index contributed by atoms with van der Waals surface area (Å²) in [7, 11) is 0. The fourth-order valence-corrected chi connectivity index (χ4v) is 3.78. The maximum absolute atomic E-state index is 13.0. The van der Waals surface area contributed by atoms with E-state index < -0.39 is 18.1 Å². The van der Waals surface area contributed by atoms with Gasteiger partial charge in [-0.15, -0.1) is 0 Å². The summed E-state index contributed by atoms with van der Waals surface area (Å²) in [5.41, 5.74) is 1.18. The second-order valence-electron chi connectivity index (χ2n) is 8.34. The molecule has 2 aliphatic rings. The summed E-state index contributed by atoms with van der Waals surface area (Å²) < 4.78 is 16.5. The molecular formula is C23H32N2O6. The number of esters is 1. The van der Waals surface area contributed by atoms with Gasteiger partial charge in [0.05, 0.1) is 12.5 Å². The van der Waals surface area contributed by atoms with Crippen LogP contribution in [-0.4, -0.2) is 67.2 Å². The Labute approximate surface area is 183 Å². The Morgan fingerprint density at radius 1 is 1.23 bits per heavy atom. The van der Waals surface area contributed by atoms with Crippen LogP contribution >= 0.6 is 0 Å². The molecule has 31 heavy (non-hydrogen) atoms. The van der Waals surface area contributed by atoms with Gasteiger partial charge in [0.15, 0.2) is 6.10 Å². The minimum absolute atomic E-state index is 0.0858. The number of rotatable bonds is 8. The fourth-order valence-electron chi connectivity index (χ4n) is 3.78. The molecule has 0 aromatic heterocycles. The number of piperazine rings is 1.